The minimum absolute atomic E-state index is 0.249. The van der Waals surface area contributed by atoms with Crippen molar-refractivity contribution >= 4 is 28.3 Å². The number of hydrogen-bond acceptors (Lipinski definition) is 5. The highest BCUT2D eigenvalue weighted by Gasteiger charge is 2.12. The van der Waals surface area contributed by atoms with Crippen molar-refractivity contribution in [1.82, 2.24) is 9.97 Å². The van der Waals surface area contributed by atoms with Gasteiger partial charge in [0.1, 0.15) is 11.3 Å². The number of aryl methyl sites for hydroxylation is 1. The average Bonchev–Trinajstić information content (AvgIpc) is 3.12. The average molecular weight is 307 g/mol. The zero-order valence-electron chi connectivity index (χ0n) is 11.9. The van der Waals surface area contributed by atoms with E-state index in [9.17, 15) is 0 Å². The maximum atomic E-state index is 5.88. The molecule has 0 saturated carbocycles. The predicted molar refractivity (Wildman–Crippen MR) is 89.7 cm³/mol. The highest BCUT2D eigenvalue weighted by Crippen LogP contribution is 2.31. The number of rotatable bonds is 2. The third kappa shape index (κ3) is 2.25. The monoisotopic (exact) mass is 307 g/mol. The van der Waals surface area contributed by atoms with Gasteiger partial charge in [-0.2, -0.15) is 0 Å². The SMILES string of the molecule is Cc1ccc(-c2cc(-c3cc4ccccc4o3)nc(N)n2)s1. The molecule has 2 N–H and O–H groups in total. The van der Waals surface area contributed by atoms with E-state index < -0.39 is 0 Å². The lowest BCUT2D eigenvalue weighted by Gasteiger charge is -2.02. The lowest BCUT2D eigenvalue weighted by atomic mass is 10.2. The highest BCUT2D eigenvalue weighted by atomic mass is 32.1. The Hall–Kier alpha value is -2.66. The molecule has 3 aromatic heterocycles. The Morgan fingerprint density at radius 3 is 2.59 bits per heavy atom. The van der Waals surface area contributed by atoms with Gasteiger partial charge < -0.3 is 10.2 Å². The minimum atomic E-state index is 0.249. The molecule has 0 bridgehead atoms. The molecule has 22 heavy (non-hydrogen) atoms. The first-order valence-electron chi connectivity index (χ1n) is 6.89. The number of benzene rings is 1. The number of nitrogen functional groups attached to an aromatic ring is 1. The molecule has 0 atom stereocenters. The molecule has 4 aromatic rings. The summed E-state index contributed by atoms with van der Waals surface area (Å²) in [6, 6.07) is 15.9. The van der Waals surface area contributed by atoms with Crippen molar-refractivity contribution in [3.63, 3.8) is 0 Å². The van der Waals surface area contributed by atoms with Gasteiger partial charge in [0.25, 0.3) is 0 Å². The van der Waals surface area contributed by atoms with Gasteiger partial charge in [0.15, 0.2) is 5.76 Å². The largest absolute Gasteiger partial charge is 0.454 e. The number of fused-ring (bicyclic) bond motifs is 1. The summed E-state index contributed by atoms with van der Waals surface area (Å²) in [4.78, 5) is 10.9. The molecule has 0 amide bonds. The van der Waals surface area contributed by atoms with Crippen molar-refractivity contribution in [2.75, 3.05) is 5.73 Å². The fourth-order valence-corrected chi connectivity index (χ4v) is 3.23. The number of hydrogen-bond donors (Lipinski definition) is 1. The van der Waals surface area contributed by atoms with Crippen molar-refractivity contribution in [1.29, 1.82) is 0 Å². The normalized spacial score (nSPS) is 11.1. The molecule has 0 fully saturated rings. The van der Waals surface area contributed by atoms with Gasteiger partial charge in [0.2, 0.25) is 5.95 Å². The van der Waals surface area contributed by atoms with E-state index >= 15 is 0 Å². The van der Waals surface area contributed by atoms with Crippen LogP contribution in [0.5, 0.6) is 0 Å². The lowest BCUT2D eigenvalue weighted by Crippen LogP contribution is -1.97. The summed E-state index contributed by atoms with van der Waals surface area (Å²) in [5.41, 5.74) is 8.23. The Bertz CT molecular complexity index is 938. The second kappa shape index (κ2) is 4.96. The summed E-state index contributed by atoms with van der Waals surface area (Å²) >= 11 is 1.68. The summed E-state index contributed by atoms with van der Waals surface area (Å²) in [5, 5.41) is 1.04. The van der Waals surface area contributed by atoms with E-state index in [0.717, 1.165) is 21.5 Å². The van der Waals surface area contributed by atoms with E-state index in [4.69, 9.17) is 10.2 Å². The van der Waals surface area contributed by atoms with Gasteiger partial charge in [0, 0.05) is 10.3 Å². The van der Waals surface area contributed by atoms with Crippen molar-refractivity contribution in [3.05, 3.63) is 53.4 Å². The van der Waals surface area contributed by atoms with Gasteiger partial charge >= 0.3 is 0 Å². The molecule has 1 aromatic carbocycles. The van der Waals surface area contributed by atoms with Crippen molar-refractivity contribution in [3.8, 4) is 22.0 Å². The van der Waals surface area contributed by atoms with Crippen LogP contribution in [-0.2, 0) is 0 Å². The number of anilines is 1. The van der Waals surface area contributed by atoms with Gasteiger partial charge in [-0.25, -0.2) is 9.97 Å². The second-order valence-electron chi connectivity index (χ2n) is 5.06. The first-order chi connectivity index (χ1) is 10.7. The molecule has 4 nitrogen and oxygen atoms in total. The van der Waals surface area contributed by atoms with Crippen molar-refractivity contribution in [2.24, 2.45) is 0 Å². The van der Waals surface area contributed by atoms with E-state index in [-0.39, 0.29) is 5.95 Å². The van der Waals surface area contributed by atoms with Crippen LogP contribution < -0.4 is 5.73 Å². The smallest absolute Gasteiger partial charge is 0.221 e. The van der Waals surface area contributed by atoms with Crippen LogP contribution in [0.3, 0.4) is 0 Å². The van der Waals surface area contributed by atoms with Crippen LogP contribution in [0, 0.1) is 6.92 Å². The van der Waals surface area contributed by atoms with E-state index in [0.29, 0.717) is 11.5 Å². The Labute approximate surface area is 131 Å². The van der Waals surface area contributed by atoms with E-state index in [1.807, 2.05) is 42.5 Å². The van der Waals surface area contributed by atoms with Gasteiger partial charge in [-0.3, -0.25) is 0 Å². The standard InChI is InChI=1S/C17H13N3OS/c1-10-6-7-16(22-10)13-9-12(19-17(18)20-13)15-8-11-4-2-3-5-14(11)21-15/h2-9H,1H3,(H2,18,19,20). The van der Waals surface area contributed by atoms with Crippen LogP contribution in [-0.4, -0.2) is 9.97 Å². The highest BCUT2D eigenvalue weighted by molar-refractivity contribution is 7.15. The molecule has 0 aliphatic rings. The number of nitrogens with zero attached hydrogens (tertiary/aromatic N) is 2. The molecule has 0 saturated heterocycles. The summed E-state index contributed by atoms with van der Waals surface area (Å²) in [6.45, 7) is 2.07. The quantitative estimate of drug-likeness (QED) is 0.592. The Morgan fingerprint density at radius 1 is 1.00 bits per heavy atom. The van der Waals surface area contributed by atoms with E-state index in [2.05, 4.69) is 23.0 Å². The van der Waals surface area contributed by atoms with Crippen molar-refractivity contribution in [2.45, 2.75) is 6.92 Å². The zero-order chi connectivity index (χ0) is 15.1. The first-order valence-corrected chi connectivity index (χ1v) is 7.71. The number of para-hydroxylation sites is 1. The Balaban J connectivity index is 1.86. The molecule has 4 rings (SSSR count). The summed E-state index contributed by atoms with van der Waals surface area (Å²) in [7, 11) is 0. The van der Waals surface area contributed by atoms with Gasteiger partial charge in [-0.1, -0.05) is 18.2 Å². The Morgan fingerprint density at radius 2 is 1.82 bits per heavy atom. The molecular weight excluding hydrogens is 294 g/mol. The molecule has 108 valence electrons. The topological polar surface area (TPSA) is 64.9 Å². The molecule has 0 aliphatic heterocycles. The summed E-state index contributed by atoms with van der Waals surface area (Å²) in [6.07, 6.45) is 0. The fourth-order valence-electron chi connectivity index (χ4n) is 2.40. The number of nitrogens with two attached hydrogens (primary N) is 1. The molecule has 0 unspecified atom stereocenters. The molecule has 0 aliphatic carbocycles. The maximum absolute atomic E-state index is 5.88. The molecular formula is C17H13N3OS. The second-order valence-corrected chi connectivity index (χ2v) is 6.34. The third-order valence-electron chi connectivity index (χ3n) is 3.41. The fraction of sp³-hybridized carbons (Fsp3) is 0.0588. The lowest BCUT2D eigenvalue weighted by molar-refractivity contribution is 0.628. The van der Waals surface area contributed by atoms with Gasteiger partial charge in [0.05, 0.1) is 10.6 Å². The summed E-state index contributed by atoms with van der Waals surface area (Å²) in [5.74, 6) is 0.948. The predicted octanol–water partition coefficient (Wildman–Crippen LogP) is 4.51. The van der Waals surface area contributed by atoms with Gasteiger partial charge in [-0.15, -0.1) is 11.3 Å². The Kier molecular flexibility index (Phi) is 2.94. The molecule has 0 radical (unpaired) electrons. The van der Waals surface area contributed by atoms with Crippen LogP contribution in [0.1, 0.15) is 4.88 Å². The number of furan rings is 1. The van der Waals surface area contributed by atoms with Crippen LogP contribution in [0.25, 0.3) is 33.0 Å². The van der Waals surface area contributed by atoms with E-state index in [1.54, 1.807) is 11.3 Å². The van der Waals surface area contributed by atoms with Crippen LogP contribution in [0.4, 0.5) is 5.95 Å². The zero-order valence-corrected chi connectivity index (χ0v) is 12.7. The number of aromatic nitrogens is 2. The minimum Gasteiger partial charge on any atom is -0.454 e. The van der Waals surface area contributed by atoms with Gasteiger partial charge in [-0.05, 0) is 37.3 Å². The maximum Gasteiger partial charge on any atom is 0.221 e. The summed E-state index contributed by atoms with van der Waals surface area (Å²) < 4.78 is 5.86. The first kappa shape index (κ1) is 13.0. The van der Waals surface area contributed by atoms with Crippen LogP contribution in [0.15, 0.2) is 52.9 Å². The molecule has 5 heteroatoms. The number of thiophene rings is 1. The van der Waals surface area contributed by atoms with Crippen LogP contribution >= 0.6 is 11.3 Å². The van der Waals surface area contributed by atoms with Crippen LogP contribution in [0.2, 0.25) is 0 Å². The molecule has 3 heterocycles. The molecule has 0 spiro atoms. The van der Waals surface area contributed by atoms with Crippen molar-refractivity contribution < 1.29 is 4.42 Å². The van der Waals surface area contributed by atoms with E-state index in [1.165, 1.54) is 4.88 Å². The third-order valence-corrected chi connectivity index (χ3v) is 4.44.